The normalized spacial score (nSPS) is 32.9. The number of carbonyl (C=O) groups excluding carboxylic acids is 3. The van der Waals surface area contributed by atoms with Crippen LogP contribution in [0, 0.1) is 17.8 Å². The molecule has 6 heteroatoms. The summed E-state index contributed by atoms with van der Waals surface area (Å²) in [5, 5.41) is 0.460. The standard InChI is InChI=1S/C16H13ClN2O3/c1-18-11-6-5-10(14(18)20)12-13(11)16(22)19(15(12)21)9-4-2-3-8(17)7-9/h2-7,10-13H,1H3. The van der Waals surface area contributed by atoms with Crippen LogP contribution in [-0.2, 0) is 14.4 Å². The van der Waals surface area contributed by atoms with E-state index in [1.54, 1.807) is 42.3 Å². The number of nitrogens with zero attached hydrogens (tertiary/aromatic N) is 2. The molecule has 1 aliphatic carbocycles. The van der Waals surface area contributed by atoms with Gasteiger partial charge in [-0.25, -0.2) is 4.90 Å². The fraction of sp³-hybridized carbons (Fsp3) is 0.312. The third kappa shape index (κ3) is 1.57. The third-order valence-corrected chi connectivity index (χ3v) is 5.05. The molecule has 2 bridgehead atoms. The summed E-state index contributed by atoms with van der Waals surface area (Å²) >= 11 is 5.96. The molecule has 4 unspecified atom stereocenters. The zero-order valence-electron chi connectivity index (χ0n) is 11.8. The molecule has 112 valence electrons. The van der Waals surface area contributed by atoms with E-state index in [-0.39, 0.29) is 23.8 Å². The highest BCUT2D eigenvalue weighted by Gasteiger charge is 2.61. The highest BCUT2D eigenvalue weighted by Crippen LogP contribution is 2.46. The second-order valence-corrected chi connectivity index (χ2v) is 6.33. The number of hydrogen-bond donors (Lipinski definition) is 0. The quantitative estimate of drug-likeness (QED) is 0.582. The van der Waals surface area contributed by atoms with Crippen LogP contribution in [0.4, 0.5) is 5.69 Å². The van der Waals surface area contributed by atoms with Crippen LogP contribution in [0.1, 0.15) is 0 Å². The maximum atomic E-state index is 12.8. The summed E-state index contributed by atoms with van der Waals surface area (Å²) in [7, 11) is 1.68. The molecule has 4 atom stereocenters. The Morgan fingerprint density at radius 1 is 1.00 bits per heavy atom. The smallest absolute Gasteiger partial charge is 0.240 e. The summed E-state index contributed by atoms with van der Waals surface area (Å²) in [5.74, 6) is -2.29. The largest absolute Gasteiger partial charge is 0.338 e. The predicted octanol–water partition coefficient (Wildman–Crippen LogP) is 1.47. The Balaban J connectivity index is 1.80. The molecule has 0 aromatic heterocycles. The number of hydrogen-bond acceptors (Lipinski definition) is 3. The van der Waals surface area contributed by atoms with E-state index in [2.05, 4.69) is 0 Å². The highest BCUT2D eigenvalue weighted by molar-refractivity contribution is 6.31. The Hall–Kier alpha value is -2.14. The van der Waals surface area contributed by atoms with Crippen LogP contribution < -0.4 is 4.90 Å². The molecule has 2 fully saturated rings. The molecule has 0 radical (unpaired) electrons. The summed E-state index contributed by atoms with van der Waals surface area (Å²) in [6, 6.07) is 6.31. The lowest BCUT2D eigenvalue weighted by Gasteiger charge is -2.44. The van der Waals surface area contributed by atoms with Gasteiger partial charge >= 0.3 is 0 Å². The molecule has 4 aliphatic rings. The average Bonchev–Trinajstić information content (AvgIpc) is 2.77. The monoisotopic (exact) mass is 316 g/mol. The summed E-state index contributed by atoms with van der Waals surface area (Å²) in [5.41, 5.74) is 0.464. The van der Waals surface area contributed by atoms with E-state index < -0.39 is 17.8 Å². The van der Waals surface area contributed by atoms with Gasteiger partial charge in [-0.1, -0.05) is 29.8 Å². The van der Waals surface area contributed by atoms with Crippen LogP contribution in [0.2, 0.25) is 5.02 Å². The van der Waals surface area contributed by atoms with Gasteiger partial charge in [-0.15, -0.1) is 0 Å². The van der Waals surface area contributed by atoms with Gasteiger partial charge in [0.05, 0.1) is 29.5 Å². The third-order valence-electron chi connectivity index (χ3n) is 4.81. The molecule has 2 saturated heterocycles. The SMILES string of the molecule is CN1C(=O)C2C=CC1C1C(=O)N(c3cccc(Cl)c3)C(=O)C21. The maximum absolute atomic E-state index is 12.8. The number of carbonyl (C=O) groups is 3. The second-order valence-electron chi connectivity index (χ2n) is 5.89. The van der Waals surface area contributed by atoms with E-state index in [4.69, 9.17) is 11.6 Å². The van der Waals surface area contributed by atoms with Crippen LogP contribution in [0.5, 0.6) is 0 Å². The number of fused-ring (bicyclic) bond motifs is 1. The van der Waals surface area contributed by atoms with Crippen LogP contribution in [-0.4, -0.2) is 35.7 Å². The molecule has 22 heavy (non-hydrogen) atoms. The van der Waals surface area contributed by atoms with Gasteiger partial charge in [0.15, 0.2) is 0 Å². The summed E-state index contributed by atoms with van der Waals surface area (Å²) in [6.45, 7) is 0. The van der Waals surface area contributed by atoms with Crippen LogP contribution in [0.3, 0.4) is 0 Å². The molecule has 0 N–H and O–H groups in total. The van der Waals surface area contributed by atoms with E-state index in [1.807, 2.05) is 6.08 Å². The lowest BCUT2D eigenvalue weighted by molar-refractivity contribution is -0.148. The van der Waals surface area contributed by atoms with E-state index in [0.29, 0.717) is 10.7 Å². The van der Waals surface area contributed by atoms with Gasteiger partial charge in [0.2, 0.25) is 17.7 Å². The molecule has 3 heterocycles. The molecule has 5 rings (SSSR count). The zero-order chi connectivity index (χ0) is 15.6. The molecule has 3 aliphatic heterocycles. The second kappa shape index (κ2) is 4.43. The topological polar surface area (TPSA) is 57.7 Å². The van der Waals surface area contributed by atoms with E-state index in [9.17, 15) is 14.4 Å². The van der Waals surface area contributed by atoms with Crippen molar-refractivity contribution in [3.63, 3.8) is 0 Å². The van der Waals surface area contributed by atoms with Crippen molar-refractivity contribution >= 4 is 35.0 Å². The number of amides is 3. The number of piperidine rings is 1. The fourth-order valence-electron chi connectivity index (χ4n) is 3.78. The Bertz CT molecular complexity index is 745. The first-order valence-electron chi connectivity index (χ1n) is 7.09. The molecule has 3 amide bonds. The first-order valence-corrected chi connectivity index (χ1v) is 7.47. The number of anilines is 1. The number of benzene rings is 1. The molecular weight excluding hydrogens is 304 g/mol. The first-order chi connectivity index (χ1) is 10.5. The van der Waals surface area contributed by atoms with Gasteiger partial charge in [-0.3, -0.25) is 14.4 Å². The minimum absolute atomic E-state index is 0.0946. The average molecular weight is 317 g/mol. The van der Waals surface area contributed by atoms with Crippen molar-refractivity contribution in [3.05, 3.63) is 41.4 Å². The Morgan fingerprint density at radius 2 is 1.73 bits per heavy atom. The number of rotatable bonds is 1. The first kappa shape index (κ1) is 13.5. The molecule has 0 spiro atoms. The summed E-state index contributed by atoms with van der Waals surface area (Å²) < 4.78 is 0. The van der Waals surface area contributed by atoms with Crippen LogP contribution in [0.25, 0.3) is 0 Å². The van der Waals surface area contributed by atoms with Crippen molar-refractivity contribution < 1.29 is 14.4 Å². The lowest BCUT2D eigenvalue weighted by Crippen LogP contribution is -2.57. The van der Waals surface area contributed by atoms with Crippen molar-refractivity contribution in [1.29, 1.82) is 0 Å². The highest BCUT2D eigenvalue weighted by atomic mass is 35.5. The summed E-state index contributed by atoms with van der Waals surface area (Å²) in [4.78, 5) is 40.6. The van der Waals surface area contributed by atoms with E-state index in [1.165, 1.54) is 4.90 Å². The molecule has 0 saturated carbocycles. The van der Waals surface area contributed by atoms with Crippen LogP contribution in [0.15, 0.2) is 36.4 Å². The van der Waals surface area contributed by atoms with Crippen molar-refractivity contribution in [2.24, 2.45) is 17.8 Å². The van der Waals surface area contributed by atoms with Gasteiger partial charge in [-0.05, 0) is 18.2 Å². The Labute approximate surface area is 132 Å². The van der Waals surface area contributed by atoms with Gasteiger partial charge < -0.3 is 4.90 Å². The van der Waals surface area contributed by atoms with Gasteiger partial charge in [0, 0.05) is 12.1 Å². The van der Waals surface area contributed by atoms with Gasteiger partial charge in [0.1, 0.15) is 0 Å². The summed E-state index contributed by atoms with van der Waals surface area (Å²) in [6.07, 6.45) is 3.63. The predicted molar refractivity (Wildman–Crippen MR) is 80.1 cm³/mol. The van der Waals surface area contributed by atoms with Crippen molar-refractivity contribution in [1.82, 2.24) is 4.90 Å². The number of likely N-dealkylation sites (N-methyl/N-ethyl adjacent to an activating group) is 1. The fourth-order valence-corrected chi connectivity index (χ4v) is 3.96. The van der Waals surface area contributed by atoms with Crippen molar-refractivity contribution in [2.45, 2.75) is 6.04 Å². The minimum Gasteiger partial charge on any atom is -0.338 e. The van der Waals surface area contributed by atoms with E-state index >= 15 is 0 Å². The Kier molecular flexibility index (Phi) is 2.72. The van der Waals surface area contributed by atoms with Crippen molar-refractivity contribution in [3.8, 4) is 0 Å². The van der Waals surface area contributed by atoms with E-state index in [0.717, 1.165) is 0 Å². The maximum Gasteiger partial charge on any atom is 0.240 e. The van der Waals surface area contributed by atoms with Gasteiger partial charge in [0.25, 0.3) is 0 Å². The minimum atomic E-state index is -0.592. The lowest BCUT2D eigenvalue weighted by atomic mass is 9.70. The van der Waals surface area contributed by atoms with Crippen molar-refractivity contribution in [2.75, 3.05) is 11.9 Å². The van der Waals surface area contributed by atoms with Crippen LogP contribution >= 0.6 is 11.6 Å². The van der Waals surface area contributed by atoms with Gasteiger partial charge in [-0.2, -0.15) is 0 Å². The molecule has 5 nitrogen and oxygen atoms in total. The molecule has 1 aromatic carbocycles. The molecular formula is C16H13ClN2O3. The number of imide groups is 1. The zero-order valence-corrected chi connectivity index (χ0v) is 12.5. The Morgan fingerprint density at radius 3 is 2.45 bits per heavy atom. The molecule has 1 aromatic rings. The number of halogens is 1.